The monoisotopic (exact) mass is 359 g/mol. The maximum Gasteiger partial charge on any atom is 0.251 e. The molecule has 0 bridgehead atoms. The van der Waals surface area contributed by atoms with E-state index in [0.29, 0.717) is 18.7 Å². The van der Waals surface area contributed by atoms with Crippen LogP contribution in [0.5, 0.6) is 5.75 Å². The molecule has 2 fully saturated rings. The van der Waals surface area contributed by atoms with Gasteiger partial charge in [0.05, 0.1) is 13.7 Å². The zero-order valence-corrected chi connectivity index (χ0v) is 16.4. The van der Waals surface area contributed by atoms with Gasteiger partial charge >= 0.3 is 0 Å². The summed E-state index contributed by atoms with van der Waals surface area (Å²) in [5, 5.41) is 0. The highest BCUT2D eigenvalue weighted by Gasteiger charge is 2.40. The predicted molar refractivity (Wildman–Crippen MR) is 103 cm³/mol. The Kier molecular flexibility index (Phi) is 6.58. The summed E-state index contributed by atoms with van der Waals surface area (Å²) < 4.78 is 11.2. The van der Waals surface area contributed by atoms with E-state index in [2.05, 4.69) is 11.8 Å². The highest BCUT2D eigenvalue weighted by molar-refractivity contribution is 5.81. The van der Waals surface area contributed by atoms with Gasteiger partial charge in [0.25, 0.3) is 5.91 Å². The molecule has 0 saturated heterocycles. The van der Waals surface area contributed by atoms with Crippen LogP contribution in [0.4, 0.5) is 0 Å². The molecule has 1 aromatic carbocycles. The molecule has 0 spiro atoms. The van der Waals surface area contributed by atoms with E-state index in [1.54, 1.807) is 7.11 Å². The zero-order chi connectivity index (χ0) is 18.5. The van der Waals surface area contributed by atoms with Gasteiger partial charge in [0, 0.05) is 12.1 Å². The molecule has 2 aliphatic rings. The molecule has 1 aromatic rings. The minimum absolute atomic E-state index is 0.176. The van der Waals surface area contributed by atoms with Crippen LogP contribution in [-0.2, 0) is 16.1 Å². The van der Waals surface area contributed by atoms with Crippen LogP contribution in [-0.4, -0.2) is 36.1 Å². The molecular weight excluding hydrogens is 326 g/mol. The van der Waals surface area contributed by atoms with Crippen molar-refractivity contribution in [3.05, 3.63) is 29.8 Å². The zero-order valence-electron chi connectivity index (χ0n) is 16.4. The van der Waals surface area contributed by atoms with Crippen LogP contribution in [0.15, 0.2) is 24.3 Å². The number of amides is 1. The van der Waals surface area contributed by atoms with Crippen molar-refractivity contribution >= 4 is 5.91 Å². The van der Waals surface area contributed by atoms with Gasteiger partial charge < -0.3 is 14.4 Å². The van der Waals surface area contributed by atoms with Gasteiger partial charge in [-0.3, -0.25) is 4.79 Å². The van der Waals surface area contributed by atoms with E-state index in [0.717, 1.165) is 42.9 Å². The molecule has 4 nitrogen and oxygen atoms in total. The number of ether oxygens (including phenoxy) is 2. The molecule has 1 atom stereocenters. The van der Waals surface area contributed by atoms with Gasteiger partial charge in [-0.05, 0) is 69.1 Å². The summed E-state index contributed by atoms with van der Waals surface area (Å²) in [6, 6.07) is 8.70. The van der Waals surface area contributed by atoms with E-state index in [1.165, 1.54) is 19.3 Å². The van der Waals surface area contributed by atoms with Crippen molar-refractivity contribution in [2.75, 3.05) is 7.11 Å². The Morgan fingerprint density at radius 2 is 1.81 bits per heavy atom. The summed E-state index contributed by atoms with van der Waals surface area (Å²) in [6.07, 6.45) is 8.01. The minimum atomic E-state index is -0.398. The van der Waals surface area contributed by atoms with Gasteiger partial charge in [0.15, 0.2) is 0 Å². The van der Waals surface area contributed by atoms with Crippen LogP contribution in [0, 0.1) is 5.92 Å². The summed E-state index contributed by atoms with van der Waals surface area (Å²) >= 11 is 0. The van der Waals surface area contributed by atoms with Crippen molar-refractivity contribution in [2.24, 2.45) is 5.92 Å². The van der Waals surface area contributed by atoms with E-state index < -0.39 is 6.10 Å². The number of benzene rings is 1. The SMILES string of the molecule is CCC1CCC(N(C(=O)C(C)OCc2cccc(OC)c2)C2CC2)CC1. The molecule has 0 N–H and O–H groups in total. The number of carbonyl (C=O) groups excluding carboxylic acids is 1. The lowest BCUT2D eigenvalue weighted by Gasteiger charge is -2.38. The molecule has 144 valence electrons. The topological polar surface area (TPSA) is 38.8 Å². The van der Waals surface area contributed by atoms with E-state index in [-0.39, 0.29) is 5.91 Å². The molecule has 1 amide bonds. The van der Waals surface area contributed by atoms with Crippen molar-refractivity contribution in [2.45, 2.75) is 83.6 Å². The number of methoxy groups -OCH3 is 1. The lowest BCUT2D eigenvalue weighted by molar-refractivity contribution is -0.147. The van der Waals surface area contributed by atoms with E-state index >= 15 is 0 Å². The van der Waals surface area contributed by atoms with Gasteiger partial charge in [0.1, 0.15) is 11.9 Å². The van der Waals surface area contributed by atoms with Crippen LogP contribution in [0.1, 0.15) is 64.4 Å². The Bertz CT molecular complexity index is 591. The molecule has 0 aromatic heterocycles. The van der Waals surface area contributed by atoms with Gasteiger partial charge in [-0.2, -0.15) is 0 Å². The Morgan fingerprint density at radius 3 is 2.38 bits per heavy atom. The highest BCUT2D eigenvalue weighted by atomic mass is 16.5. The fraction of sp³-hybridized carbons (Fsp3) is 0.682. The van der Waals surface area contributed by atoms with Crippen LogP contribution in [0.25, 0.3) is 0 Å². The summed E-state index contributed by atoms with van der Waals surface area (Å²) in [4.78, 5) is 15.3. The highest BCUT2D eigenvalue weighted by Crippen LogP contribution is 2.36. The quantitative estimate of drug-likeness (QED) is 0.683. The van der Waals surface area contributed by atoms with Gasteiger partial charge in [-0.25, -0.2) is 0 Å². The summed E-state index contributed by atoms with van der Waals surface area (Å²) in [5.41, 5.74) is 1.03. The summed E-state index contributed by atoms with van der Waals surface area (Å²) in [6.45, 7) is 4.62. The van der Waals surface area contributed by atoms with E-state index in [9.17, 15) is 4.79 Å². The predicted octanol–water partition coefficient (Wildman–Crippen LogP) is 4.56. The first-order valence-electron chi connectivity index (χ1n) is 10.2. The van der Waals surface area contributed by atoms with Crippen LogP contribution in [0.2, 0.25) is 0 Å². The molecule has 0 heterocycles. The standard InChI is InChI=1S/C22H33NO3/c1-4-17-8-10-19(11-9-17)23(20-12-13-20)22(24)16(2)26-15-18-6-5-7-21(14-18)25-3/h5-7,14,16-17,19-20H,4,8-13,15H2,1-3H3. The van der Waals surface area contributed by atoms with E-state index in [4.69, 9.17) is 9.47 Å². The Balaban J connectivity index is 1.56. The second kappa shape index (κ2) is 8.90. The molecule has 26 heavy (non-hydrogen) atoms. The first-order chi connectivity index (χ1) is 12.6. The largest absolute Gasteiger partial charge is 0.497 e. The van der Waals surface area contributed by atoms with Crippen molar-refractivity contribution in [3.8, 4) is 5.75 Å². The van der Waals surface area contributed by atoms with Gasteiger partial charge in [0.2, 0.25) is 0 Å². The molecule has 1 unspecified atom stereocenters. The summed E-state index contributed by atoms with van der Waals surface area (Å²) in [5.74, 6) is 1.84. The van der Waals surface area contributed by atoms with Crippen molar-refractivity contribution in [1.29, 1.82) is 0 Å². The second-order valence-electron chi connectivity index (χ2n) is 7.86. The third-order valence-electron chi connectivity index (χ3n) is 5.96. The molecule has 2 aliphatic carbocycles. The number of nitrogens with zero attached hydrogens (tertiary/aromatic N) is 1. The average Bonchev–Trinajstić information content (AvgIpc) is 3.52. The van der Waals surface area contributed by atoms with Crippen molar-refractivity contribution < 1.29 is 14.3 Å². The lowest BCUT2D eigenvalue weighted by atomic mass is 9.83. The molecule has 2 saturated carbocycles. The normalized spacial score (nSPS) is 24.1. The first kappa shape index (κ1) is 19.2. The molecule has 0 aliphatic heterocycles. The van der Waals surface area contributed by atoms with Gasteiger partial charge in [-0.15, -0.1) is 0 Å². The Labute approximate surface area is 157 Å². The van der Waals surface area contributed by atoms with Crippen molar-refractivity contribution in [3.63, 3.8) is 0 Å². The number of rotatable bonds is 8. The van der Waals surface area contributed by atoms with Crippen molar-refractivity contribution in [1.82, 2.24) is 4.90 Å². The molecule has 0 radical (unpaired) electrons. The summed E-state index contributed by atoms with van der Waals surface area (Å²) in [7, 11) is 1.66. The second-order valence-corrected chi connectivity index (χ2v) is 7.86. The Hall–Kier alpha value is -1.55. The van der Waals surface area contributed by atoms with Crippen LogP contribution in [0.3, 0.4) is 0 Å². The number of hydrogen-bond acceptors (Lipinski definition) is 3. The number of carbonyl (C=O) groups is 1. The minimum Gasteiger partial charge on any atom is -0.497 e. The lowest BCUT2D eigenvalue weighted by Crippen LogP contribution is -2.48. The third kappa shape index (κ3) is 4.79. The third-order valence-corrected chi connectivity index (χ3v) is 5.96. The average molecular weight is 360 g/mol. The van der Waals surface area contributed by atoms with E-state index in [1.807, 2.05) is 31.2 Å². The van der Waals surface area contributed by atoms with Crippen LogP contribution < -0.4 is 4.74 Å². The smallest absolute Gasteiger partial charge is 0.251 e. The molecule has 3 rings (SSSR count). The fourth-order valence-electron chi connectivity index (χ4n) is 4.11. The maximum atomic E-state index is 13.1. The molecule has 4 heteroatoms. The fourth-order valence-corrected chi connectivity index (χ4v) is 4.11. The Morgan fingerprint density at radius 1 is 1.15 bits per heavy atom. The number of hydrogen-bond donors (Lipinski definition) is 0. The first-order valence-corrected chi connectivity index (χ1v) is 10.2. The maximum absolute atomic E-state index is 13.1. The van der Waals surface area contributed by atoms with Crippen LogP contribution >= 0.6 is 0 Å². The van der Waals surface area contributed by atoms with Gasteiger partial charge in [-0.1, -0.05) is 25.5 Å². The molecular formula is C22H33NO3.